The number of allylic oxidation sites excluding steroid dienone is 1. The molecule has 0 fully saturated rings. The number of halogens is 1. The normalized spacial score (nSPS) is 15.1. The van der Waals surface area contributed by atoms with Crippen molar-refractivity contribution in [3.05, 3.63) is 61.6 Å². The Hall–Kier alpha value is -1.87. The van der Waals surface area contributed by atoms with Crippen LogP contribution in [0.2, 0.25) is 0 Å². The van der Waals surface area contributed by atoms with Crippen LogP contribution in [0.5, 0.6) is 0 Å². The lowest BCUT2D eigenvalue weighted by Gasteiger charge is -2.24. The molecule has 0 saturated heterocycles. The van der Waals surface area contributed by atoms with Crippen LogP contribution in [-0.4, -0.2) is 5.91 Å². The molecular formula is C24H26BrNO. The van der Waals surface area contributed by atoms with Crippen LogP contribution in [-0.2, 0) is 24.7 Å². The fraction of sp³-hybridized carbons (Fsp3) is 0.375. The number of nitrogens with two attached hydrogens (primary N) is 1. The molecule has 2 nitrogen and oxygen atoms in total. The van der Waals surface area contributed by atoms with Crippen LogP contribution >= 0.6 is 15.9 Å². The molecule has 2 aromatic carbocycles. The summed E-state index contributed by atoms with van der Waals surface area (Å²) in [5.74, 6) is -0.335. The van der Waals surface area contributed by atoms with E-state index in [1.165, 1.54) is 39.0 Å². The third-order valence-electron chi connectivity index (χ3n) is 5.98. The van der Waals surface area contributed by atoms with Crippen molar-refractivity contribution in [3.63, 3.8) is 0 Å². The van der Waals surface area contributed by atoms with E-state index >= 15 is 0 Å². The van der Waals surface area contributed by atoms with E-state index in [2.05, 4.69) is 61.8 Å². The zero-order valence-corrected chi connectivity index (χ0v) is 18.1. The van der Waals surface area contributed by atoms with Gasteiger partial charge in [0.1, 0.15) is 0 Å². The Morgan fingerprint density at radius 1 is 1.15 bits per heavy atom. The van der Waals surface area contributed by atoms with Crippen molar-refractivity contribution in [2.24, 2.45) is 5.73 Å². The number of benzene rings is 2. The number of primary amides is 1. The van der Waals surface area contributed by atoms with Crippen molar-refractivity contribution < 1.29 is 4.79 Å². The Balaban J connectivity index is 2.05. The largest absolute Gasteiger partial charge is 0.366 e. The molecule has 27 heavy (non-hydrogen) atoms. The molecule has 0 aliphatic heterocycles. The first-order valence-electron chi connectivity index (χ1n) is 9.72. The lowest BCUT2D eigenvalue weighted by molar-refractivity contribution is 0.100. The number of fused-ring (bicyclic) bond motifs is 3. The van der Waals surface area contributed by atoms with Crippen LogP contribution in [0, 0.1) is 0 Å². The first kappa shape index (κ1) is 18.5. The standard InChI is InChI=1S/C24H26BrNO/c1-5-13-8-15-10-16(24(2,3)4)12-19(18(15)9-13)21-17-7-6-14(22(17)25)11-20(21)23(26)27/h8,10-12H,5-7,9H2,1-4H3,(H2,26,27). The van der Waals surface area contributed by atoms with Gasteiger partial charge in [-0.1, -0.05) is 67.4 Å². The summed E-state index contributed by atoms with van der Waals surface area (Å²) in [6, 6.07) is 6.62. The van der Waals surface area contributed by atoms with Crippen molar-refractivity contribution in [2.75, 3.05) is 0 Å². The van der Waals surface area contributed by atoms with E-state index in [4.69, 9.17) is 5.73 Å². The summed E-state index contributed by atoms with van der Waals surface area (Å²) in [6.07, 6.45) is 6.28. The zero-order valence-electron chi connectivity index (χ0n) is 16.5. The molecule has 2 bridgehead atoms. The van der Waals surface area contributed by atoms with E-state index in [1.807, 2.05) is 6.07 Å². The minimum absolute atomic E-state index is 0.0387. The fourth-order valence-electron chi connectivity index (χ4n) is 4.36. The van der Waals surface area contributed by atoms with Crippen LogP contribution < -0.4 is 5.73 Å². The van der Waals surface area contributed by atoms with Gasteiger partial charge >= 0.3 is 0 Å². The molecule has 0 atom stereocenters. The molecule has 2 aliphatic carbocycles. The number of amides is 1. The van der Waals surface area contributed by atoms with E-state index in [0.717, 1.165) is 35.7 Å². The van der Waals surface area contributed by atoms with E-state index in [9.17, 15) is 4.79 Å². The number of carbonyl (C=O) groups is 1. The maximum atomic E-state index is 12.3. The van der Waals surface area contributed by atoms with Gasteiger partial charge in [-0.15, -0.1) is 0 Å². The van der Waals surface area contributed by atoms with Crippen LogP contribution in [0.1, 0.15) is 72.3 Å². The molecule has 3 heteroatoms. The zero-order chi connectivity index (χ0) is 19.5. The van der Waals surface area contributed by atoms with Gasteiger partial charge in [-0.3, -0.25) is 4.79 Å². The van der Waals surface area contributed by atoms with Gasteiger partial charge in [0, 0.05) is 10.0 Å². The Labute approximate surface area is 170 Å². The topological polar surface area (TPSA) is 43.1 Å². The number of hydrogen-bond donors (Lipinski definition) is 1. The van der Waals surface area contributed by atoms with Crippen LogP contribution in [0.4, 0.5) is 0 Å². The number of carbonyl (C=O) groups excluding carboxylic acids is 1. The molecule has 0 heterocycles. The Bertz CT molecular complexity index is 1010. The summed E-state index contributed by atoms with van der Waals surface area (Å²) in [5.41, 5.74) is 16.6. The quantitative estimate of drug-likeness (QED) is 0.649. The van der Waals surface area contributed by atoms with Crippen LogP contribution in [0.25, 0.3) is 17.2 Å². The van der Waals surface area contributed by atoms with Crippen LogP contribution in [0.15, 0.2) is 28.2 Å². The predicted octanol–water partition coefficient (Wildman–Crippen LogP) is 5.96. The van der Waals surface area contributed by atoms with Crippen molar-refractivity contribution in [1.29, 1.82) is 0 Å². The van der Waals surface area contributed by atoms with Crippen molar-refractivity contribution in [1.82, 2.24) is 0 Å². The second kappa shape index (κ2) is 6.34. The summed E-state index contributed by atoms with van der Waals surface area (Å²) < 4.78 is 1.15. The number of rotatable bonds is 3. The van der Waals surface area contributed by atoms with Crippen molar-refractivity contribution >= 4 is 27.9 Å². The first-order chi connectivity index (χ1) is 12.7. The summed E-state index contributed by atoms with van der Waals surface area (Å²) in [4.78, 5) is 12.3. The second-order valence-electron chi connectivity index (χ2n) is 8.79. The Kier molecular flexibility index (Phi) is 4.34. The number of hydrogen-bond acceptors (Lipinski definition) is 1. The van der Waals surface area contributed by atoms with Gasteiger partial charge in [0.25, 0.3) is 0 Å². The fourth-order valence-corrected chi connectivity index (χ4v) is 5.07. The van der Waals surface area contributed by atoms with Crippen LogP contribution in [0.3, 0.4) is 0 Å². The van der Waals surface area contributed by atoms with E-state index in [-0.39, 0.29) is 11.3 Å². The van der Waals surface area contributed by atoms with Crippen molar-refractivity contribution in [2.45, 2.75) is 58.8 Å². The van der Waals surface area contributed by atoms with Gasteiger partial charge in [-0.05, 0) is 76.1 Å². The highest BCUT2D eigenvalue weighted by Gasteiger charge is 2.29. The average molecular weight is 424 g/mol. The molecule has 0 aromatic heterocycles. The summed E-state index contributed by atoms with van der Waals surface area (Å²) >= 11 is 3.77. The van der Waals surface area contributed by atoms with Crippen molar-refractivity contribution in [3.8, 4) is 11.1 Å². The molecule has 1 amide bonds. The third-order valence-corrected chi connectivity index (χ3v) is 6.97. The molecular weight excluding hydrogens is 398 g/mol. The molecule has 4 rings (SSSR count). The van der Waals surface area contributed by atoms with Gasteiger partial charge in [0.05, 0.1) is 0 Å². The molecule has 0 spiro atoms. The molecule has 0 unspecified atom stereocenters. The molecule has 0 saturated carbocycles. The van der Waals surface area contributed by atoms with E-state index in [1.54, 1.807) is 0 Å². The minimum atomic E-state index is -0.335. The van der Waals surface area contributed by atoms with E-state index < -0.39 is 0 Å². The maximum Gasteiger partial charge on any atom is 0.249 e. The Morgan fingerprint density at radius 3 is 2.52 bits per heavy atom. The summed E-state index contributed by atoms with van der Waals surface area (Å²) in [6.45, 7) is 8.93. The van der Waals surface area contributed by atoms with Gasteiger partial charge < -0.3 is 5.73 Å². The highest BCUT2D eigenvalue weighted by molar-refractivity contribution is 9.10. The highest BCUT2D eigenvalue weighted by atomic mass is 79.9. The summed E-state index contributed by atoms with van der Waals surface area (Å²) in [7, 11) is 0. The molecule has 0 radical (unpaired) electrons. The molecule has 2 N–H and O–H groups in total. The highest BCUT2D eigenvalue weighted by Crippen LogP contribution is 2.45. The monoisotopic (exact) mass is 423 g/mol. The SMILES string of the molecule is CCC1=Cc2cc(C(C)(C)C)cc(-c3c(C(N)=O)cc4c(Br)c3CC4)c2C1. The third kappa shape index (κ3) is 2.97. The van der Waals surface area contributed by atoms with E-state index in [0.29, 0.717) is 5.56 Å². The predicted molar refractivity (Wildman–Crippen MR) is 116 cm³/mol. The van der Waals surface area contributed by atoms with Gasteiger partial charge in [0.2, 0.25) is 5.91 Å². The maximum absolute atomic E-state index is 12.3. The summed E-state index contributed by atoms with van der Waals surface area (Å²) in [5, 5.41) is 0. The lowest BCUT2D eigenvalue weighted by Crippen LogP contribution is -2.15. The first-order valence-corrected chi connectivity index (χ1v) is 10.5. The average Bonchev–Trinajstić information content (AvgIpc) is 3.10. The van der Waals surface area contributed by atoms with Gasteiger partial charge in [-0.2, -0.15) is 0 Å². The molecule has 2 aromatic rings. The van der Waals surface area contributed by atoms with Gasteiger partial charge in [-0.25, -0.2) is 0 Å². The molecule has 2 aliphatic rings. The smallest absolute Gasteiger partial charge is 0.249 e. The second-order valence-corrected chi connectivity index (χ2v) is 9.58. The molecule has 140 valence electrons. The minimum Gasteiger partial charge on any atom is -0.366 e. The van der Waals surface area contributed by atoms with Gasteiger partial charge in [0.15, 0.2) is 0 Å². The lowest BCUT2D eigenvalue weighted by atomic mass is 9.81. The number of aryl methyl sites for hydroxylation is 1. The Morgan fingerprint density at radius 2 is 1.89 bits per heavy atom.